The topological polar surface area (TPSA) is 52.6 Å². The fourth-order valence-electron chi connectivity index (χ4n) is 2.64. The molecular formula is C23H40O4S. The van der Waals surface area contributed by atoms with Crippen molar-refractivity contribution in [2.75, 3.05) is 19.5 Å². The fraction of sp³-hybridized carbons (Fsp3) is 0.652. The van der Waals surface area contributed by atoms with E-state index in [9.17, 15) is 8.42 Å². The van der Waals surface area contributed by atoms with Crippen molar-refractivity contribution in [3.8, 4) is 0 Å². The molecule has 0 fully saturated rings. The molecule has 0 aromatic rings. The molecule has 0 rings (SSSR count). The highest BCUT2D eigenvalue weighted by Gasteiger charge is 2.09. The first-order chi connectivity index (χ1) is 13.0. The van der Waals surface area contributed by atoms with Gasteiger partial charge in [0.05, 0.1) is 12.9 Å². The van der Waals surface area contributed by atoms with E-state index in [0.29, 0.717) is 12.4 Å². The third kappa shape index (κ3) is 15.7. The quantitative estimate of drug-likeness (QED) is 0.186. The maximum atomic E-state index is 11.2. The Morgan fingerprint density at radius 3 is 1.79 bits per heavy atom. The monoisotopic (exact) mass is 412 g/mol. The van der Waals surface area contributed by atoms with E-state index in [1.807, 2.05) is 13.8 Å². The zero-order valence-electron chi connectivity index (χ0n) is 18.9. The van der Waals surface area contributed by atoms with Gasteiger partial charge in [-0.3, -0.25) is 4.18 Å². The van der Waals surface area contributed by atoms with Crippen molar-refractivity contribution in [1.82, 2.24) is 0 Å². The maximum Gasteiger partial charge on any atom is 0.264 e. The van der Waals surface area contributed by atoms with Crippen LogP contribution < -0.4 is 0 Å². The SMILES string of the molecule is CCOC(COS(C)(=O)=O)=C(C)CCC=C(C)CCC=C(C)CCC=C(C)C. The van der Waals surface area contributed by atoms with Crippen molar-refractivity contribution in [2.45, 2.75) is 80.1 Å². The predicted molar refractivity (Wildman–Crippen MR) is 120 cm³/mol. The molecule has 0 atom stereocenters. The second-order valence-electron chi connectivity index (χ2n) is 7.60. The predicted octanol–water partition coefficient (Wildman–Crippen LogP) is 6.47. The maximum absolute atomic E-state index is 11.2. The molecule has 162 valence electrons. The Bertz CT molecular complexity index is 675. The normalized spacial score (nSPS) is 14.0. The van der Waals surface area contributed by atoms with Gasteiger partial charge in [-0.05, 0) is 85.6 Å². The summed E-state index contributed by atoms with van der Waals surface area (Å²) in [6.45, 7) is 13.0. The van der Waals surface area contributed by atoms with Crippen LogP contribution in [-0.2, 0) is 19.0 Å². The van der Waals surface area contributed by atoms with Gasteiger partial charge >= 0.3 is 0 Å². The van der Waals surface area contributed by atoms with Crippen LogP contribution in [0.2, 0.25) is 0 Å². The number of rotatable bonds is 14. The lowest BCUT2D eigenvalue weighted by Crippen LogP contribution is -2.10. The Hall–Kier alpha value is -1.33. The summed E-state index contributed by atoms with van der Waals surface area (Å²) in [7, 11) is -3.47. The Morgan fingerprint density at radius 2 is 1.32 bits per heavy atom. The zero-order chi connectivity index (χ0) is 21.6. The molecule has 0 N–H and O–H groups in total. The van der Waals surface area contributed by atoms with Crippen LogP contribution in [0, 0.1) is 0 Å². The molecule has 4 nitrogen and oxygen atoms in total. The molecule has 0 saturated carbocycles. The van der Waals surface area contributed by atoms with Gasteiger partial charge in [0.15, 0.2) is 0 Å². The summed E-state index contributed by atoms with van der Waals surface area (Å²) in [6, 6.07) is 0. The van der Waals surface area contributed by atoms with Crippen molar-refractivity contribution >= 4 is 10.1 Å². The van der Waals surface area contributed by atoms with Gasteiger partial charge in [-0.1, -0.05) is 34.9 Å². The summed E-state index contributed by atoms with van der Waals surface area (Å²) in [5, 5.41) is 0. The molecule has 0 aliphatic rings. The van der Waals surface area contributed by atoms with Crippen LogP contribution in [0.25, 0.3) is 0 Å². The minimum atomic E-state index is -3.47. The van der Waals surface area contributed by atoms with Crippen LogP contribution in [-0.4, -0.2) is 27.9 Å². The molecule has 5 heteroatoms. The fourth-order valence-corrected chi connectivity index (χ4v) is 2.96. The Labute approximate surface area is 173 Å². The van der Waals surface area contributed by atoms with Gasteiger partial charge in [-0.25, -0.2) is 0 Å². The van der Waals surface area contributed by atoms with E-state index in [1.54, 1.807) is 0 Å². The number of hydrogen-bond acceptors (Lipinski definition) is 4. The Morgan fingerprint density at radius 1 is 0.821 bits per heavy atom. The average Bonchev–Trinajstić information content (AvgIpc) is 2.57. The van der Waals surface area contributed by atoms with E-state index in [2.05, 4.69) is 45.9 Å². The van der Waals surface area contributed by atoms with Gasteiger partial charge < -0.3 is 4.74 Å². The van der Waals surface area contributed by atoms with Gasteiger partial charge in [0.2, 0.25) is 0 Å². The molecule has 0 aliphatic heterocycles. The first-order valence-corrected chi connectivity index (χ1v) is 12.0. The first-order valence-electron chi connectivity index (χ1n) is 10.2. The molecule has 0 aliphatic carbocycles. The minimum absolute atomic E-state index is 0.0297. The Kier molecular flexibility index (Phi) is 13.9. The summed E-state index contributed by atoms with van der Waals surface area (Å²) in [4.78, 5) is 0. The zero-order valence-corrected chi connectivity index (χ0v) is 19.7. The standard InChI is InChI=1S/C23H40O4S/c1-8-26-23(18-27-28(7,24)25)22(6)17-11-16-21(5)15-10-14-20(4)13-9-12-19(2)3/h12,14,16H,8-11,13,15,17-18H2,1-7H3. The molecular weight excluding hydrogens is 372 g/mol. The second kappa shape index (κ2) is 14.6. The van der Waals surface area contributed by atoms with E-state index in [0.717, 1.165) is 50.4 Å². The largest absolute Gasteiger partial charge is 0.496 e. The summed E-state index contributed by atoms with van der Waals surface area (Å²) < 4.78 is 32.8. The summed E-state index contributed by atoms with van der Waals surface area (Å²) in [5.74, 6) is 0.619. The summed E-state index contributed by atoms with van der Waals surface area (Å²) in [5.41, 5.74) is 5.25. The number of ether oxygens (including phenoxy) is 1. The van der Waals surface area contributed by atoms with Crippen LogP contribution in [0.15, 0.2) is 46.3 Å². The lowest BCUT2D eigenvalue weighted by atomic mass is 10.0. The van der Waals surface area contributed by atoms with E-state index < -0.39 is 10.1 Å². The van der Waals surface area contributed by atoms with Crippen LogP contribution >= 0.6 is 0 Å². The van der Waals surface area contributed by atoms with Crippen LogP contribution in [0.5, 0.6) is 0 Å². The Balaban J connectivity index is 4.47. The lowest BCUT2D eigenvalue weighted by Gasteiger charge is -2.12. The molecule has 0 aromatic heterocycles. The third-order valence-electron chi connectivity index (χ3n) is 4.33. The van der Waals surface area contributed by atoms with Gasteiger partial charge in [-0.2, -0.15) is 8.42 Å². The molecule has 0 saturated heterocycles. The molecule has 0 bridgehead atoms. The highest BCUT2D eigenvalue weighted by molar-refractivity contribution is 7.85. The van der Waals surface area contributed by atoms with E-state index in [4.69, 9.17) is 8.92 Å². The highest BCUT2D eigenvalue weighted by Crippen LogP contribution is 2.16. The highest BCUT2D eigenvalue weighted by atomic mass is 32.2. The molecule has 0 amide bonds. The third-order valence-corrected chi connectivity index (χ3v) is 4.88. The van der Waals surface area contributed by atoms with E-state index in [-0.39, 0.29) is 6.61 Å². The van der Waals surface area contributed by atoms with Crippen molar-refractivity contribution in [2.24, 2.45) is 0 Å². The van der Waals surface area contributed by atoms with Crippen LogP contribution in [0.4, 0.5) is 0 Å². The van der Waals surface area contributed by atoms with Crippen LogP contribution in [0.1, 0.15) is 80.1 Å². The molecule has 0 aromatic carbocycles. The van der Waals surface area contributed by atoms with Gasteiger partial charge in [0, 0.05) is 0 Å². The minimum Gasteiger partial charge on any atom is -0.496 e. The van der Waals surface area contributed by atoms with Gasteiger partial charge in [-0.15, -0.1) is 0 Å². The van der Waals surface area contributed by atoms with Crippen molar-refractivity contribution < 1.29 is 17.3 Å². The van der Waals surface area contributed by atoms with Crippen molar-refractivity contribution in [1.29, 1.82) is 0 Å². The van der Waals surface area contributed by atoms with Crippen molar-refractivity contribution in [3.63, 3.8) is 0 Å². The van der Waals surface area contributed by atoms with E-state index >= 15 is 0 Å². The molecule has 0 spiro atoms. The number of allylic oxidation sites excluding steroid dienone is 7. The second-order valence-corrected chi connectivity index (χ2v) is 9.25. The summed E-state index contributed by atoms with van der Waals surface area (Å²) >= 11 is 0. The molecule has 0 unspecified atom stereocenters. The molecule has 0 radical (unpaired) electrons. The smallest absolute Gasteiger partial charge is 0.264 e. The van der Waals surface area contributed by atoms with E-state index in [1.165, 1.54) is 16.7 Å². The summed E-state index contributed by atoms with van der Waals surface area (Å²) in [6.07, 6.45) is 14.1. The van der Waals surface area contributed by atoms with Gasteiger partial charge in [0.25, 0.3) is 10.1 Å². The molecule has 0 heterocycles. The average molecular weight is 413 g/mol. The van der Waals surface area contributed by atoms with Crippen LogP contribution in [0.3, 0.4) is 0 Å². The molecule has 28 heavy (non-hydrogen) atoms. The number of hydrogen-bond donors (Lipinski definition) is 0. The van der Waals surface area contributed by atoms with Crippen molar-refractivity contribution in [3.05, 3.63) is 46.3 Å². The van der Waals surface area contributed by atoms with Gasteiger partial charge in [0.1, 0.15) is 12.4 Å². The lowest BCUT2D eigenvalue weighted by molar-refractivity contribution is 0.179. The first kappa shape index (κ1) is 26.7.